The molecule has 1 aliphatic rings. The number of rotatable bonds is 5. The molecule has 1 amide bonds. The van der Waals surface area contributed by atoms with E-state index in [9.17, 15) is 9.18 Å². The number of nitrogens with one attached hydrogen (secondary N) is 1. The molecule has 3 aromatic rings. The van der Waals surface area contributed by atoms with Crippen molar-refractivity contribution in [3.63, 3.8) is 0 Å². The van der Waals surface area contributed by atoms with Gasteiger partial charge in [0.05, 0.1) is 5.69 Å². The number of piperazine rings is 1. The van der Waals surface area contributed by atoms with Crippen molar-refractivity contribution in [2.75, 3.05) is 36.4 Å². The summed E-state index contributed by atoms with van der Waals surface area (Å²) in [7, 11) is 0. The molecule has 3 heterocycles. The molecular weight excluding hydrogens is 371 g/mol. The Balaban J connectivity index is 1.37. The average molecular weight is 392 g/mol. The van der Waals surface area contributed by atoms with Gasteiger partial charge in [-0.15, -0.1) is 0 Å². The molecule has 7 nitrogen and oxygen atoms in total. The van der Waals surface area contributed by atoms with E-state index in [1.54, 1.807) is 41.7 Å². The summed E-state index contributed by atoms with van der Waals surface area (Å²) >= 11 is 0. The van der Waals surface area contributed by atoms with Crippen LogP contribution in [0.5, 0.6) is 0 Å². The molecule has 1 N–H and O–H groups in total. The molecule has 4 rings (SSSR count). The van der Waals surface area contributed by atoms with E-state index in [2.05, 4.69) is 20.3 Å². The number of hydrogen-bond acceptors (Lipinski definition) is 6. The number of carbonyl (C=O) groups excluding carboxylic acids is 1. The Labute approximate surface area is 168 Å². The van der Waals surface area contributed by atoms with Crippen molar-refractivity contribution in [3.8, 4) is 0 Å². The van der Waals surface area contributed by atoms with E-state index >= 15 is 0 Å². The van der Waals surface area contributed by atoms with Crippen molar-refractivity contribution in [2.45, 2.75) is 6.54 Å². The SMILES string of the molecule is O=C(c1ccnc(NCc2cccnc2)n1)N1CCN(c2ccccc2F)CC1. The Morgan fingerprint density at radius 3 is 2.62 bits per heavy atom. The number of amides is 1. The van der Waals surface area contributed by atoms with Crippen LogP contribution in [0.2, 0.25) is 0 Å². The summed E-state index contributed by atoms with van der Waals surface area (Å²) in [6.07, 6.45) is 5.05. The van der Waals surface area contributed by atoms with E-state index in [-0.39, 0.29) is 11.7 Å². The van der Waals surface area contributed by atoms with Crippen LogP contribution in [-0.4, -0.2) is 51.9 Å². The van der Waals surface area contributed by atoms with Gasteiger partial charge in [0.1, 0.15) is 11.5 Å². The van der Waals surface area contributed by atoms with Gasteiger partial charge in [-0.05, 0) is 29.8 Å². The molecule has 0 aliphatic carbocycles. The molecule has 2 aromatic heterocycles. The van der Waals surface area contributed by atoms with Crippen LogP contribution >= 0.6 is 0 Å². The molecule has 0 radical (unpaired) electrons. The second-order valence-electron chi connectivity index (χ2n) is 6.71. The maximum atomic E-state index is 14.0. The van der Waals surface area contributed by atoms with Gasteiger partial charge in [0.2, 0.25) is 5.95 Å². The predicted molar refractivity (Wildman–Crippen MR) is 108 cm³/mol. The van der Waals surface area contributed by atoms with Gasteiger partial charge in [-0.3, -0.25) is 9.78 Å². The first-order valence-corrected chi connectivity index (χ1v) is 9.45. The number of pyridine rings is 1. The van der Waals surface area contributed by atoms with Crippen molar-refractivity contribution in [3.05, 3.63) is 78.1 Å². The number of aromatic nitrogens is 3. The lowest BCUT2D eigenvalue weighted by Gasteiger charge is -2.36. The molecule has 1 fully saturated rings. The number of nitrogens with zero attached hydrogens (tertiary/aromatic N) is 5. The molecule has 29 heavy (non-hydrogen) atoms. The van der Waals surface area contributed by atoms with Crippen LogP contribution in [0.25, 0.3) is 0 Å². The highest BCUT2D eigenvalue weighted by atomic mass is 19.1. The fourth-order valence-electron chi connectivity index (χ4n) is 3.27. The molecule has 0 bridgehead atoms. The first-order chi connectivity index (χ1) is 14.2. The smallest absolute Gasteiger partial charge is 0.272 e. The summed E-state index contributed by atoms with van der Waals surface area (Å²) in [6, 6.07) is 12.1. The third-order valence-corrected chi connectivity index (χ3v) is 4.81. The van der Waals surface area contributed by atoms with Gasteiger partial charge in [-0.25, -0.2) is 14.4 Å². The van der Waals surface area contributed by atoms with Gasteiger partial charge in [0, 0.05) is 51.3 Å². The molecule has 1 saturated heterocycles. The van der Waals surface area contributed by atoms with Crippen LogP contribution in [0.3, 0.4) is 0 Å². The normalized spacial score (nSPS) is 14.0. The molecule has 148 valence electrons. The molecular formula is C21H21FN6O. The maximum absolute atomic E-state index is 14.0. The minimum Gasteiger partial charge on any atom is -0.366 e. The monoisotopic (exact) mass is 392 g/mol. The van der Waals surface area contributed by atoms with Crippen molar-refractivity contribution in [1.29, 1.82) is 0 Å². The molecule has 0 unspecified atom stereocenters. The highest BCUT2D eigenvalue weighted by Gasteiger charge is 2.24. The molecule has 0 atom stereocenters. The first-order valence-electron chi connectivity index (χ1n) is 9.45. The van der Waals surface area contributed by atoms with Crippen molar-refractivity contribution in [2.24, 2.45) is 0 Å². The maximum Gasteiger partial charge on any atom is 0.272 e. The fourth-order valence-corrected chi connectivity index (χ4v) is 3.27. The minimum atomic E-state index is -0.243. The van der Waals surface area contributed by atoms with Crippen LogP contribution in [-0.2, 0) is 6.54 Å². The van der Waals surface area contributed by atoms with Gasteiger partial charge in [-0.1, -0.05) is 18.2 Å². The topological polar surface area (TPSA) is 74.2 Å². The number of halogens is 1. The van der Waals surface area contributed by atoms with E-state index in [4.69, 9.17) is 0 Å². The zero-order valence-electron chi connectivity index (χ0n) is 15.8. The van der Waals surface area contributed by atoms with Gasteiger partial charge < -0.3 is 15.1 Å². The fraction of sp³-hybridized carbons (Fsp3) is 0.238. The number of anilines is 2. The summed E-state index contributed by atoms with van der Waals surface area (Å²) in [4.78, 5) is 29.1. The first kappa shape index (κ1) is 18.8. The second kappa shape index (κ2) is 8.64. The number of carbonyl (C=O) groups is 1. The Kier molecular flexibility index (Phi) is 5.60. The lowest BCUT2D eigenvalue weighted by molar-refractivity contribution is 0.0740. The van der Waals surface area contributed by atoms with Crippen LogP contribution in [0.4, 0.5) is 16.0 Å². The summed E-state index contributed by atoms with van der Waals surface area (Å²) in [5, 5.41) is 3.11. The van der Waals surface area contributed by atoms with Gasteiger partial charge >= 0.3 is 0 Å². The predicted octanol–water partition coefficient (Wildman–Crippen LogP) is 2.59. The second-order valence-corrected chi connectivity index (χ2v) is 6.71. The van der Waals surface area contributed by atoms with Gasteiger partial charge in [-0.2, -0.15) is 0 Å². The zero-order chi connectivity index (χ0) is 20.1. The average Bonchev–Trinajstić information content (AvgIpc) is 2.79. The molecule has 1 aliphatic heterocycles. The van der Waals surface area contributed by atoms with Crippen LogP contribution < -0.4 is 10.2 Å². The van der Waals surface area contributed by atoms with Crippen LogP contribution in [0.1, 0.15) is 16.1 Å². The molecule has 1 aromatic carbocycles. The lowest BCUT2D eigenvalue weighted by atomic mass is 10.2. The summed E-state index contributed by atoms with van der Waals surface area (Å²) in [5.41, 5.74) is 1.91. The molecule has 0 saturated carbocycles. The Hall–Kier alpha value is -3.55. The quantitative estimate of drug-likeness (QED) is 0.720. The third kappa shape index (κ3) is 4.48. The Bertz CT molecular complexity index is 976. The molecule has 8 heteroatoms. The van der Waals surface area contributed by atoms with E-state index in [1.165, 1.54) is 6.07 Å². The van der Waals surface area contributed by atoms with E-state index in [0.29, 0.717) is 50.1 Å². The van der Waals surface area contributed by atoms with Crippen LogP contribution in [0, 0.1) is 5.82 Å². The zero-order valence-corrected chi connectivity index (χ0v) is 15.8. The lowest BCUT2D eigenvalue weighted by Crippen LogP contribution is -2.49. The largest absolute Gasteiger partial charge is 0.366 e. The Morgan fingerprint density at radius 1 is 1.03 bits per heavy atom. The highest BCUT2D eigenvalue weighted by Crippen LogP contribution is 2.20. The standard InChI is InChI=1S/C21H21FN6O/c22-17-5-1-2-6-19(17)27-10-12-28(13-11-27)20(29)18-7-9-24-21(26-18)25-15-16-4-3-8-23-14-16/h1-9,14H,10-13,15H2,(H,24,25,26). The van der Waals surface area contributed by atoms with Crippen molar-refractivity contribution >= 4 is 17.5 Å². The van der Waals surface area contributed by atoms with E-state index < -0.39 is 0 Å². The van der Waals surface area contributed by atoms with Crippen molar-refractivity contribution in [1.82, 2.24) is 19.9 Å². The summed E-state index contributed by atoms with van der Waals surface area (Å²) in [6.45, 7) is 2.69. The summed E-state index contributed by atoms with van der Waals surface area (Å²) < 4.78 is 14.0. The minimum absolute atomic E-state index is 0.148. The number of para-hydroxylation sites is 1. The summed E-state index contributed by atoms with van der Waals surface area (Å²) in [5.74, 6) is 0.00196. The van der Waals surface area contributed by atoms with Gasteiger partial charge in [0.15, 0.2) is 0 Å². The third-order valence-electron chi connectivity index (χ3n) is 4.81. The number of benzene rings is 1. The van der Waals surface area contributed by atoms with Crippen LogP contribution in [0.15, 0.2) is 61.1 Å². The number of hydrogen-bond donors (Lipinski definition) is 1. The van der Waals surface area contributed by atoms with Crippen molar-refractivity contribution < 1.29 is 9.18 Å². The Morgan fingerprint density at radius 2 is 1.86 bits per heavy atom. The highest BCUT2D eigenvalue weighted by molar-refractivity contribution is 5.92. The van der Waals surface area contributed by atoms with E-state index in [1.807, 2.05) is 23.1 Å². The molecule has 0 spiro atoms. The van der Waals surface area contributed by atoms with E-state index in [0.717, 1.165) is 5.56 Å². The van der Waals surface area contributed by atoms with Gasteiger partial charge in [0.25, 0.3) is 5.91 Å².